The first-order valence-electron chi connectivity index (χ1n) is 4.20. The van der Waals surface area contributed by atoms with Gasteiger partial charge in [0.2, 0.25) is 0 Å². The number of rotatable bonds is 1. The van der Waals surface area contributed by atoms with Gasteiger partial charge in [0, 0.05) is 11.6 Å². The van der Waals surface area contributed by atoms with Crippen LogP contribution in [-0.2, 0) is 18.2 Å². The molecular weight excluding hydrogens is 272 g/mol. The Labute approximate surface area is 97.2 Å². The van der Waals surface area contributed by atoms with Crippen LogP contribution in [0.15, 0.2) is 12.1 Å². The van der Waals surface area contributed by atoms with Crippen LogP contribution in [0.4, 0.5) is 32.0 Å². The Morgan fingerprint density at radius 1 is 1.00 bits per heavy atom. The third-order valence-electron chi connectivity index (χ3n) is 2.01. The van der Waals surface area contributed by atoms with Gasteiger partial charge >= 0.3 is 12.4 Å². The fraction of sp³-hybridized carbons (Fsp3) is 0.333. The highest BCUT2D eigenvalue weighted by Gasteiger charge is 2.39. The van der Waals surface area contributed by atoms with E-state index in [9.17, 15) is 26.3 Å². The maximum Gasteiger partial charge on any atom is 0.418 e. The van der Waals surface area contributed by atoms with Crippen LogP contribution in [0, 0.1) is 0 Å². The van der Waals surface area contributed by atoms with E-state index in [1.807, 2.05) is 0 Å². The van der Waals surface area contributed by atoms with Crippen molar-refractivity contribution in [3.05, 3.63) is 28.8 Å². The minimum Gasteiger partial charge on any atom is -0.398 e. The van der Waals surface area contributed by atoms with Crippen molar-refractivity contribution in [3.63, 3.8) is 0 Å². The summed E-state index contributed by atoms with van der Waals surface area (Å²) in [6.45, 7) is 0. The van der Waals surface area contributed by atoms with Crippen molar-refractivity contribution in [2.24, 2.45) is 0 Å². The van der Waals surface area contributed by atoms with Crippen molar-refractivity contribution < 1.29 is 26.3 Å². The monoisotopic (exact) mass is 277 g/mol. The van der Waals surface area contributed by atoms with Gasteiger partial charge in [0.15, 0.2) is 0 Å². The number of nitrogens with two attached hydrogens (primary N) is 1. The first kappa shape index (κ1) is 14.0. The van der Waals surface area contributed by atoms with E-state index in [0.717, 1.165) is 0 Å². The van der Waals surface area contributed by atoms with Gasteiger partial charge in [-0.1, -0.05) is 0 Å². The van der Waals surface area contributed by atoms with Gasteiger partial charge < -0.3 is 5.73 Å². The summed E-state index contributed by atoms with van der Waals surface area (Å²) in [5.41, 5.74) is 0.760. The normalized spacial score (nSPS) is 12.9. The molecule has 1 aromatic carbocycles. The quantitative estimate of drug-likeness (QED) is 0.468. The standard InChI is InChI=1S/C9H6ClF6N/c10-3-4-1-5(8(11,12)13)2-6(17)7(4)9(14,15)16/h1-2H,3,17H2. The third-order valence-corrected chi connectivity index (χ3v) is 2.29. The molecular formula is C9H6ClF6N. The van der Waals surface area contributed by atoms with E-state index < -0.39 is 40.6 Å². The smallest absolute Gasteiger partial charge is 0.398 e. The molecule has 0 atom stereocenters. The van der Waals surface area contributed by atoms with E-state index in [-0.39, 0.29) is 6.07 Å². The molecule has 0 bridgehead atoms. The van der Waals surface area contributed by atoms with Crippen LogP contribution in [0.2, 0.25) is 0 Å². The Morgan fingerprint density at radius 2 is 1.53 bits per heavy atom. The van der Waals surface area contributed by atoms with E-state index in [1.54, 1.807) is 0 Å². The van der Waals surface area contributed by atoms with E-state index in [2.05, 4.69) is 0 Å². The molecule has 1 rings (SSSR count). The second-order valence-electron chi connectivity index (χ2n) is 3.23. The minimum atomic E-state index is -4.83. The van der Waals surface area contributed by atoms with Crippen molar-refractivity contribution in [1.29, 1.82) is 0 Å². The highest BCUT2D eigenvalue weighted by atomic mass is 35.5. The topological polar surface area (TPSA) is 26.0 Å². The molecule has 0 aromatic heterocycles. The average Bonchev–Trinajstić information content (AvgIpc) is 2.12. The van der Waals surface area contributed by atoms with Crippen LogP contribution in [0.3, 0.4) is 0 Å². The molecule has 8 heteroatoms. The number of hydrogen-bond acceptors (Lipinski definition) is 1. The van der Waals surface area contributed by atoms with Crippen molar-refractivity contribution in [1.82, 2.24) is 0 Å². The van der Waals surface area contributed by atoms with E-state index in [1.165, 1.54) is 0 Å². The second-order valence-corrected chi connectivity index (χ2v) is 3.50. The second kappa shape index (κ2) is 4.29. The number of anilines is 1. The van der Waals surface area contributed by atoms with Gasteiger partial charge in [0.25, 0.3) is 0 Å². The lowest BCUT2D eigenvalue weighted by atomic mass is 10.0. The van der Waals surface area contributed by atoms with Crippen molar-refractivity contribution in [2.45, 2.75) is 18.2 Å². The summed E-state index contributed by atoms with van der Waals surface area (Å²) in [5.74, 6) is -0.705. The Morgan fingerprint density at radius 3 is 1.88 bits per heavy atom. The van der Waals surface area contributed by atoms with Crippen LogP contribution in [0.1, 0.15) is 16.7 Å². The summed E-state index contributed by atoms with van der Waals surface area (Å²) in [6, 6.07) is 0.602. The molecule has 0 heterocycles. The van der Waals surface area contributed by atoms with E-state index in [0.29, 0.717) is 6.07 Å². The van der Waals surface area contributed by atoms with Crippen LogP contribution in [0.5, 0.6) is 0 Å². The van der Waals surface area contributed by atoms with E-state index >= 15 is 0 Å². The Bertz CT molecular complexity index is 423. The van der Waals surface area contributed by atoms with Crippen molar-refractivity contribution >= 4 is 17.3 Å². The highest BCUT2D eigenvalue weighted by molar-refractivity contribution is 6.17. The Balaban J connectivity index is 3.47. The van der Waals surface area contributed by atoms with E-state index in [4.69, 9.17) is 17.3 Å². The number of hydrogen-bond donors (Lipinski definition) is 1. The van der Waals surface area contributed by atoms with Crippen LogP contribution < -0.4 is 5.73 Å². The first-order valence-corrected chi connectivity index (χ1v) is 4.73. The molecule has 0 spiro atoms. The maximum atomic E-state index is 12.5. The lowest BCUT2D eigenvalue weighted by Crippen LogP contribution is -2.15. The molecule has 0 saturated carbocycles. The van der Waals surface area contributed by atoms with Crippen molar-refractivity contribution in [3.8, 4) is 0 Å². The molecule has 0 aliphatic heterocycles. The minimum absolute atomic E-state index is 0.249. The molecule has 0 amide bonds. The average molecular weight is 278 g/mol. The van der Waals surface area contributed by atoms with Crippen LogP contribution >= 0.6 is 11.6 Å². The van der Waals surface area contributed by atoms with Gasteiger partial charge in [0.05, 0.1) is 11.1 Å². The zero-order valence-corrected chi connectivity index (χ0v) is 8.84. The third kappa shape index (κ3) is 2.96. The van der Waals surface area contributed by atoms with Crippen molar-refractivity contribution in [2.75, 3.05) is 5.73 Å². The molecule has 0 unspecified atom stereocenters. The predicted octanol–water partition coefficient (Wildman–Crippen LogP) is 4.05. The number of alkyl halides is 7. The fourth-order valence-corrected chi connectivity index (χ4v) is 1.55. The number of benzene rings is 1. The lowest BCUT2D eigenvalue weighted by Gasteiger charge is -2.17. The van der Waals surface area contributed by atoms with Gasteiger partial charge in [-0.05, 0) is 17.7 Å². The van der Waals surface area contributed by atoms with Gasteiger partial charge in [-0.25, -0.2) is 0 Å². The first-order chi connectivity index (χ1) is 7.57. The number of nitrogen functional groups attached to an aromatic ring is 1. The molecule has 96 valence electrons. The van der Waals surface area contributed by atoms with Gasteiger partial charge in [-0.2, -0.15) is 26.3 Å². The summed E-state index contributed by atoms with van der Waals surface area (Å²) in [4.78, 5) is 0. The molecule has 0 saturated heterocycles. The SMILES string of the molecule is Nc1cc(C(F)(F)F)cc(CCl)c1C(F)(F)F. The molecule has 0 aliphatic rings. The zero-order chi connectivity index (χ0) is 13.4. The molecule has 17 heavy (non-hydrogen) atoms. The molecule has 2 N–H and O–H groups in total. The molecule has 0 aliphatic carbocycles. The summed E-state index contributed by atoms with van der Waals surface area (Å²) in [7, 11) is 0. The largest absolute Gasteiger partial charge is 0.418 e. The molecule has 0 radical (unpaired) electrons. The fourth-order valence-electron chi connectivity index (χ4n) is 1.34. The molecule has 1 aromatic rings. The summed E-state index contributed by atoms with van der Waals surface area (Å²) >= 11 is 5.21. The van der Waals surface area contributed by atoms with Gasteiger partial charge in [0.1, 0.15) is 0 Å². The number of halogens is 7. The maximum absolute atomic E-state index is 12.5. The molecule has 1 nitrogen and oxygen atoms in total. The Kier molecular flexibility index (Phi) is 3.52. The van der Waals surface area contributed by atoms with Crippen LogP contribution in [0.25, 0.3) is 0 Å². The highest BCUT2D eigenvalue weighted by Crippen LogP contribution is 2.40. The van der Waals surface area contributed by atoms with Gasteiger partial charge in [-0.3, -0.25) is 0 Å². The summed E-state index contributed by atoms with van der Waals surface area (Å²) in [5, 5.41) is 0. The van der Waals surface area contributed by atoms with Crippen LogP contribution in [-0.4, -0.2) is 0 Å². The summed E-state index contributed by atoms with van der Waals surface area (Å²) in [6.07, 6.45) is -9.60. The predicted molar refractivity (Wildman–Crippen MR) is 50.4 cm³/mol. The zero-order valence-electron chi connectivity index (χ0n) is 8.08. The Hall–Kier alpha value is -1.11. The lowest BCUT2D eigenvalue weighted by molar-refractivity contribution is -0.141. The van der Waals surface area contributed by atoms with Gasteiger partial charge in [-0.15, -0.1) is 11.6 Å². The molecule has 0 fully saturated rings. The summed E-state index contributed by atoms with van der Waals surface area (Å²) < 4.78 is 74.5.